The molecule has 2 fully saturated rings. The molecule has 3 amide bonds. The van der Waals surface area contributed by atoms with Gasteiger partial charge in [0.15, 0.2) is 6.61 Å². The summed E-state index contributed by atoms with van der Waals surface area (Å²) >= 11 is 0. The Morgan fingerprint density at radius 2 is 1.80 bits per heavy atom. The Morgan fingerprint density at radius 3 is 2.54 bits per heavy atom. The number of amides is 3. The first-order valence-electron chi connectivity index (χ1n) is 11.7. The number of nitrogens with zero attached hydrogens (tertiary/aromatic N) is 1. The molecule has 35 heavy (non-hydrogen) atoms. The van der Waals surface area contributed by atoms with E-state index in [0.29, 0.717) is 23.7 Å². The van der Waals surface area contributed by atoms with Crippen LogP contribution in [0, 0.1) is 23.7 Å². The largest absolute Gasteiger partial charge is 0.494 e. The van der Waals surface area contributed by atoms with Gasteiger partial charge in [-0.2, -0.15) is 0 Å². The highest BCUT2D eigenvalue weighted by atomic mass is 16.5. The highest BCUT2D eigenvalue weighted by Gasteiger charge is 2.60. The maximum Gasteiger partial charge on any atom is 0.338 e. The number of anilines is 2. The predicted molar refractivity (Wildman–Crippen MR) is 128 cm³/mol. The number of esters is 1. The minimum atomic E-state index is -0.717. The molecule has 1 N–H and O–H groups in total. The van der Waals surface area contributed by atoms with E-state index in [0.717, 1.165) is 6.42 Å². The Labute approximate surface area is 202 Å². The van der Waals surface area contributed by atoms with Crippen molar-refractivity contribution < 1.29 is 28.7 Å². The van der Waals surface area contributed by atoms with Gasteiger partial charge in [-0.15, -0.1) is 0 Å². The molecule has 2 aromatic rings. The van der Waals surface area contributed by atoms with Gasteiger partial charge in [-0.25, -0.2) is 9.69 Å². The Kier molecular flexibility index (Phi) is 5.88. The Balaban J connectivity index is 1.21. The van der Waals surface area contributed by atoms with E-state index in [1.54, 1.807) is 36.4 Å². The number of fused-ring (bicyclic) bond motifs is 5. The fourth-order valence-corrected chi connectivity index (χ4v) is 5.51. The van der Waals surface area contributed by atoms with Crippen LogP contribution >= 0.6 is 0 Å². The number of nitrogens with one attached hydrogen (secondary N) is 1. The first-order valence-corrected chi connectivity index (χ1v) is 11.7. The number of imide groups is 1. The number of hydrogen-bond acceptors (Lipinski definition) is 6. The molecule has 1 heterocycles. The summed E-state index contributed by atoms with van der Waals surface area (Å²) in [5, 5.41) is 2.65. The van der Waals surface area contributed by atoms with Crippen molar-refractivity contribution >= 4 is 35.1 Å². The van der Waals surface area contributed by atoms with Crippen LogP contribution in [0.15, 0.2) is 60.2 Å². The second-order valence-electron chi connectivity index (χ2n) is 9.11. The molecule has 5 rings (SSSR count). The lowest BCUT2D eigenvalue weighted by Gasteiger charge is -2.19. The van der Waals surface area contributed by atoms with Crippen molar-refractivity contribution in [2.75, 3.05) is 23.4 Å². The van der Waals surface area contributed by atoms with Gasteiger partial charge in [0.05, 0.1) is 29.7 Å². The van der Waals surface area contributed by atoms with Crippen LogP contribution < -0.4 is 15.0 Å². The lowest BCUT2D eigenvalue weighted by molar-refractivity contribution is -0.123. The second-order valence-corrected chi connectivity index (χ2v) is 9.11. The van der Waals surface area contributed by atoms with Gasteiger partial charge in [-0.3, -0.25) is 14.4 Å². The zero-order valence-corrected chi connectivity index (χ0v) is 19.5. The van der Waals surface area contributed by atoms with Crippen LogP contribution in [0.2, 0.25) is 0 Å². The molecule has 8 nitrogen and oxygen atoms in total. The van der Waals surface area contributed by atoms with Crippen molar-refractivity contribution in [1.82, 2.24) is 0 Å². The Morgan fingerprint density at radius 1 is 1.06 bits per heavy atom. The fourth-order valence-electron chi connectivity index (χ4n) is 5.51. The maximum atomic E-state index is 13.2. The minimum Gasteiger partial charge on any atom is -0.494 e. The number of rotatable bonds is 7. The minimum absolute atomic E-state index is 0.105. The third-order valence-electron chi connectivity index (χ3n) is 7.00. The first kappa shape index (κ1) is 22.8. The van der Waals surface area contributed by atoms with Gasteiger partial charge >= 0.3 is 5.97 Å². The smallest absolute Gasteiger partial charge is 0.338 e. The predicted octanol–water partition coefficient (Wildman–Crippen LogP) is 3.58. The molecule has 3 aliphatic rings. The van der Waals surface area contributed by atoms with Crippen LogP contribution in [0.4, 0.5) is 11.4 Å². The van der Waals surface area contributed by atoms with Gasteiger partial charge in [0.25, 0.3) is 5.91 Å². The molecule has 0 unspecified atom stereocenters. The summed E-state index contributed by atoms with van der Waals surface area (Å²) in [6.07, 6.45) is 2.98. The van der Waals surface area contributed by atoms with E-state index in [-0.39, 0.29) is 41.0 Å². The van der Waals surface area contributed by atoms with Crippen LogP contribution in [0.3, 0.4) is 0 Å². The zero-order chi connectivity index (χ0) is 24.7. The van der Waals surface area contributed by atoms with E-state index in [9.17, 15) is 19.2 Å². The van der Waals surface area contributed by atoms with Gasteiger partial charge in [-0.05, 0) is 74.6 Å². The lowest BCUT2D eigenvalue weighted by Crippen LogP contribution is -2.33. The highest BCUT2D eigenvalue weighted by molar-refractivity contribution is 6.23. The molecule has 2 aromatic carbocycles. The third kappa shape index (κ3) is 4.09. The van der Waals surface area contributed by atoms with Crippen molar-refractivity contribution in [3.05, 3.63) is 65.7 Å². The maximum absolute atomic E-state index is 13.2. The van der Waals surface area contributed by atoms with Crippen LogP contribution in [-0.4, -0.2) is 36.9 Å². The van der Waals surface area contributed by atoms with E-state index < -0.39 is 18.5 Å². The fraction of sp³-hybridized carbons (Fsp3) is 0.333. The van der Waals surface area contributed by atoms with Crippen LogP contribution in [0.25, 0.3) is 0 Å². The van der Waals surface area contributed by atoms with Gasteiger partial charge in [0, 0.05) is 5.69 Å². The average Bonchev–Trinajstić information content (AvgIpc) is 3.49. The van der Waals surface area contributed by atoms with Crippen molar-refractivity contribution in [3.63, 3.8) is 0 Å². The average molecular weight is 475 g/mol. The summed E-state index contributed by atoms with van der Waals surface area (Å²) in [5.74, 6) is -1.36. The van der Waals surface area contributed by atoms with E-state index in [1.807, 2.05) is 13.8 Å². The number of hydrogen-bond donors (Lipinski definition) is 1. The van der Waals surface area contributed by atoms with E-state index in [4.69, 9.17) is 9.47 Å². The summed E-state index contributed by atoms with van der Waals surface area (Å²) in [7, 11) is 0. The van der Waals surface area contributed by atoms with Gasteiger partial charge < -0.3 is 14.8 Å². The van der Waals surface area contributed by atoms with Crippen LogP contribution in [0.5, 0.6) is 5.75 Å². The molecule has 2 aliphatic carbocycles. The number of allylic oxidation sites excluding steroid dienone is 2. The van der Waals surface area contributed by atoms with Crippen LogP contribution in [0.1, 0.15) is 30.6 Å². The van der Waals surface area contributed by atoms with E-state index in [1.165, 1.54) is 22.6 Å². The van der Waals surface area contributed by atoms with Gasteiger partial charge in [0.2, 0.25) is 11.8 Å². The molecule has 0 aromatic heterocycles. The number of benzene rings is 2. The molecule has 0 radical (unpaired) electrons. The third-order valence-corrected chi connectivity index (χ3v) is 7.00. The van der Waals surface area contributed by atoms with E-state index >= 15 is 0 Å². The summed E-state index contributed by atoms with van der Waals surface area (Å²) in [6, 6.07) is 13.1. The first-order chi connectivity index (χ1) is 16.9. The van der Waals surface area contributed by atoms with Crippen molar-refractivity contribution in [1.29, 1.82) is 0 Å². The van der Waals surface area contributed by atoms with Gasteiger partial charge in [0.1, 0.15) is 5.75 Å². The number of carbonyl (C=O) groups excluding carboxylic acids is 4. The summed E-state index contributed by atoms with van der Waals surface area (Å²) in [4.78, 5) is 52.3. The van der Waals surface area contributed by atoms with Crippen molar-refractivity contribution in [2.45, 2.75) is 20.3 Å². The molecule has 8 heteroatoms. The molecule has 1 saturated heterocycles. The Hall–Kier alpha value is -3.94. The van der Waals surface area contributed by atoms with E-state index in [2.05, 4.69) is 11.4 Å². The van der Waals surface area contributed by atoms with Gasteiger partial charge in [-0.1, -0.05) is 17.7 Å². The summed E-state index contributed by atoms with van der Waals surface area (Å²) in [5.41, 5.74) is 2.23. The number of ether oxygens (including phenoxy) is 2. The topological polar surface area (TPSA) is 102 Å². The monoisotopic (exact) mass is 474 g/mol. The van der Waals surface area contributed by atoms with Crippen LogP contribution in [-0.2, 0) is 19.1 Å². The highest BCUT2D eigenvalue weighted by Crippen LogP contribution is 2.55. The lowest BCUT2D eigenvalue weighted by atomic mass is 9.82. The molecule has 180 valence electrons. The van der Waals surface area contributed by atoms with Crippen molar-refractivity contribution in [3.8, 4) is 5.75 Å². The molecule has 4 atom stereocenters. The second kappa shape index (κ2) is 9.02. The quantitative estimate of drug-likeness (QED) is 0.374. The SMILES string of the molecule is CCOc1ccc(NC(=O)COC(=O)c2cccc(N3C(=O)[C@@H]4[C@H](C3=O)[C@H]3C=C(C)[C@H]4C3)c2)cc1. The molecular weight excluding hydrogens is 448 g/mol. The van der Waals surface area contributed by atoms with Crippen molar-refractivity contribution in [2.24, 2.45) is 23.7 Å². The molecule has 1 aliphatic heterocycles. The molecule has 1 saturated carbocycles. The molecular formula is C27H26N2O6. The molecule has 0 spiro atoms. The zero-order valence-electron chi connectivity index (χ0n) is 19.5. The number of carbonyl (C=O) groups is 4. The Bertz CT molecular complexity index is 1230. The summed E-state index contributed by atoms with van der Waals surface area (Å²) < 4.78 is 10.5. The summed E-state index contributed by atoms with van der Waals surface area (Å²) in [6.45, 7) is 3.97. The standard InChI is InChI=1S/C27H26N2O6/c1-3-34-20-9-7-18(8-10-20)28-22(30)14-35-27(33)16-5-4-6-19(12-16)29-25(31)23-17-11-15(2)21(13-17)24(23)26(29)32/h4-12,17,21,23-24H,3,13-14H2,1-2H3,(H,28,30)/t17-,21+,23+,24-/m0/s1. The normalized spacial score (nSPS) is 24.3. The molecule has 2 bridgehead atoms.